The molecule has 1 aliphatic rings. The molecule has 0 atom stereocenters. The Morgan fingerprint density at radius 2 is 1.77 bits per heavy atom. The first-order valence-corrected chi connectivity index (χ1v) is 8.12. The second-order valence-corrected chi connectivity index (χ2v) is 6.43. The van der Waals surface area contributed by atoms with Gasteiger partial charge in [0.15, 0.2) is 17.5 Å². The topological polar surface area (TPSA) is 58.2 Å². The maximum atomic E-state index is 13.7. The van der Waals surface area contributed by atoms with Crippen LogP contribution in [0.15, 0.2) is 36.4 Å². The van der Waals surface area contributed by atoms with Gasteiger partial charge in [-0.2, -0.15) is 0 Å². The Kier molecular flexibility index (Phi) is 4.71. The zero-order chi connectivity index (χ0) is 18.9. The number of benzene rings is 2. The van der Waals surface area contributed by atoms with E-state index in [-0.39, 0.29) is 6.54 Å². The van der Waals surface area contributed by atoms with Crippen molar-refractivity contribution in [2.75, 3.05) is 5.32 Å². The Morgan fingerprint density at radius 1 is 1.04 bits per heavy atom. The fraction of sp³-hybridized carbons (Fsp3) is 0.263. The van der Waals surface area contributed by atoms with Crippen molar-refractivity contribution in [2.24, 2.45) is 5.41 Å². The lowest BCUT2D eigenvalue weighted by Crippen LogP contribution is -2.39. The van der Waals surface area contributed by atoms with Crippen molar-refractivity contribution >= 4 is 17.5 Å². The summed E-state index contributed by atoms with van der Waals surface area (Å²) in [7, 11) is 0. The van der Waals surface area contributed by atoms with E-state index in [1.807, 2.05) is 31.2 Å². The molecule has 0 aliphatic heterocycles. The van der Waals surface area contributed by atoms with Gasteiger partial charge in [-0.05, 0) is 37.5 Å². The number of amides is 2. The molecule has 0 aromatic heterocycles. The molecule has 1 saturated carbocycles. The quantitative estimate of drug-likeness (QED) is 0.632. The summed E-state index contributed by atoms with van der Waals surface area (Å²) < 4.78 is 40.0. The summed E-state index contributed by atoms with van der Waals surface area (Å²) in [5, 5.41) is 4.89. The summed E-state index contributed by atoms with van der Waals surface area (Å²) in [6.45, 7) is 2.19. The highest BCUT2D eigenvalue weighted by molar-refractivity contribution is 6.13. The first-order chi connectivity index (χ1) is 12.3. The van der Waals surface area contributed by atoms with Crippen molar-refractivity contribution < 1.29 is 22.8 Å². The number of nitrogens with one attached hydrogen (secondary N) is 2. The molecule has 1 aliphatic carbocycles. The lowest BCUT2D eigenvalue weighted by molar-refractivity contribution is -0.134. The molecule has 1 fully saturated rings. The van der Waals surface area contributed by atoms with E-state index in [9.17, 15) is 22.8 Å². The minimum atomic E-state index is -1.67. The summed E-state index contributed by atoms with van der Waals surface area (Å²) in [6, 6.07) is 9.19. The van der Waals surface area contributed by atoms with Gasteiger partial charge in [-0.3, -0.25) is 9.59 Å². The zero-order valence-corrected chi connectivity index (χ0v) is 14.0. The van der Waals surface area contributed by atoms with Crippen LogP contribution in [0, 0.1) is 29.8 Å². The number of hydrogen-bond acceptors (Lipinski definition) is 2. The van der Waals surface area contributed by atoms with Crippen LogP contribution in [-0.4, -0.2) is 11.8 Å². The molecule has 0 saturated heterocycles. The van der Waals surface area contributed by atoms with Gasteiger partial charge in [0.2, 0.25) is 11.8 Å². The maximum absolute atomic E-state index is 13.7. The average molecular weight is 362 g/mol. The third-order valence-electron chi connectivity index (χ3n) is 4.44. The molecule has 2 aromatic rings. The molecule has 7 heteroatoms. The Morgan fingerprint density at radius 3 is 2.42 bits per heavy atom. The summed E-state index contributed by atoms with van der Waals surface area (Å²) in [5.74, 6) is -5.72. The van der Waals surface area contributed by atoms with Gasteiger partial charge >= 0.3 is 0 Å². The van der Waals surface area contributed by atoms with E-state index in [4.69, 9.17) is 0 Å². The standard InChI is InChI=1S/C19H17F3N2O2/c1-11-3-2-4-12(9-11)10-23-17(25)19(7-8-19)18(26)24-14-6-5-13(20)15(21)16(14)22/h2-6,9H,7-8,10H2,1H3,(H,23,25)(H,24,26). The number of carbonyl (C=O) groups is 2. The van der Waals surface area contributed by atoms with Crippen molar-refractivity contribution in [2.45, 2.75) is 26.3 Å². The van der Waals surface area contributed by atoms with Crippen LogP contribution < -0.4 is 10.6 Å². The summed E-state index contributed by atoms with van der Waals surface area (Å²) in [6.07, 6.45) is 0.619. The molecule has 0 spiro atoms. The Bertz CT molecular complexity index is 879. The van der Waals surface area contributed by atoms with Gasteiger partial charge in [0.05, 0.1) is 5.69 Å². The predicted molar refractivity (Wildman–Crippen MR) is 89.6 cm³/mol. The Labute approximate surface area is 148 Å². The van der Waals surface area contributed by atoms with Crippen LogP contribution in [0.1, 0.15) is 24.0 Å². The molecular formula is C19H17F3N2O2. The van der Waals surface area contributed by atoms with E-state index in [0.717, 1.165) is 17.2 Å². The number of anilines is 1. The van der Waals surface area contributed by atoms with Crippen LogP contribution in [-0.2, 0) is 16.1 Å². The van der Waals surface area contributed by atoms with Gasteiger partial charge in [0, 0.05) is 6.54 Å². The van der Waals surface area contributed by atoms with Gasteiger partial charge in [-0.1, -0.05) is 29.8 Å². The second-order valence-electron chi connectivity index (χ2n) is 6.43. The van der Waals surface area contributed by atoms with E-state index < -0.39 is 40.4 Å². The molecule has 0 heterocycles. The van der Waals surface area contributed by atoms with Crippen molar-refractivity contribution in [1.82, 2.24) is 5.32 Å². The lowest BCUT2D eigenvalue weighted by Gasteiger charge is -2.16. The number of hydrogen-bond donors (Lipinski definition) is 2. The van der Waals surface area contributed by atoms with Crippen molar-refractivity contribution in [3.05, 3.63) is 65.0 Å². The molecule has 0 bridgehead atoms. The van der Waals surface area contributed by atoms with Gasteiger partial charge < -0.3 is 10.6 Å². The van der Waals surface area contributed by atoms with E-state index in [0.29, 0.717) is 18.9 Å². The number of rotatable bonds is 5. The smallest absolute Gasteiger partial charge is 0.240 e. The SMILES string of the molecule is Cc1cccc(CNC(=O)C2(C(=O)Nc3ccc(F)c(F)c3F)CC2)c1. The molecule has 2 N–H and O–H groups in total. The fourth-order valence-corrected chi connectivity index (χ4v) is 2.72. The molecule has 26 heavy (non-hydrogen) atoms. The van der Waals surface area contributed by atoms with Gasteiger partial charge in [-0.15, -0.1) is 0 Å². The van der Waals surface area contributed by atoms with Crippen molar-refractivity contribution in [3.63, 3.8) is 0 Å². The highest BCUT2D eigenvalue weighted by Gasteiger charge is 2.56. The Balaban J connectivity index is 1.67. The van der Waals surface area contributed by atoms with Crippen LogP contribution in [0.4, 0.5) is 18.9 Å². The first-order valence-electron chi connectivity index (χ1n) is 8.12. The van der Waals surface area contributed by atoms with Gasteiger partial charge in [0.25, 0.3) is 0 Å². The van der Waals surface area contributed by atoms with E-state index in [2.05, 4.69) is 10.6 Å². The second kappa shape index (κ2) is 6.82. The highest BCUT2D eigenvalue weighted by Crippen LogP contribution is 2.47. The maximum Gasteiger partial charge on any atom is 0.240 e. The van der Waals surface area contributed by atoms with Gasteiger partial charge in [0.1, 0.15) is 5.41 Å². The third kappa shape index (κ3) is 3.42. The third-order valence-corrected chi connectivity index (χ3v) is 4.44. The molecule has 2 amide bonds. The number of aryl methyl sites for hydroxylation is 1. The normalized spacial score (nSPS) is 14.6. The number of halogens is 3. The van der Waals surface area contributed by atoms with E-state index in [1.54, 1.807) is 0 Å². The lowest BCUT2D eigenvalue weighted by atomic mass is 10.0. The predicted octanol–water partition coefficient (Wildman–Crippen LogP) is 3.45. The summed E-state index contributed by atoms with van der Waals surface area (Å²) in [5.41, 5.74) is 0.138. The van der Waals surface area contributed by atoms with E-state index >= 15 is 0 Å². The largest absolute Gasteiger partial charge is 0.351 e. The van der Waals surface area contributed by atoms with Crippen LogP contribution in [0.5, 0.6) is 0 Å². The Hall–Kier alpha value is -2.83. The van der Waals surface area contributed by atoms with Crippen molar-refractivity contribution in [3.8, 4) is 0 Å². The fourth-order valence-electron chi connectivity index (χ4n) is 2.72. The summed E-state index contributed by atoms with van der Waals surface area (Å²) in [4.78, 5) is 24.8. The van der Waals surface area contributed by atoms with Crippen LogP contribution >= 0.6 is 0 Å². The summed E-state index contributed by atoms with van der Waals surface area (Å²) >= 11 is 0. The van der Waals surface area contributed by atoms with Crippen LogP contribution in [0.2, 0.25) is 0 Å². The van der Waals surface area contributed by atoms with Crippen molar-refractivity contribution in [1.29, 1.82) is 0 Å². The molecule has 0 radical (unpaired) electrons. The minimum Gasteiger partial charge on any atom is -0.351 e. The van der Waals surface area contributed by atoms with Gasteiger partial charge in [-0.25, -0.2) is 13.2 Å². The molecular weight excluding hydrogens is 345 g/mol. The average Bonchev–Trinajstić information content (AvgIpc) is 3.42. The first kappa shape index (κ1) is 18.0. The number of carbonyl (C=O) groups excluding carboxylic acids is 2. The monoisotopic (exact) mass is 362 g/mol. The highest BCUT2D eigenvalue weighted by atomic mass is 19.2. The zero-order valence-electron chi connectivity index (χ0n) is 14.0. The minimum absolute atomic E-state index is 0.259. The molecule has 0 unspecified atom stereocenters. The van der Waals surface area contributed by atoms with Crippen LogP contribution in [0.3, 0.4) is 0 Å². The molecule has 4 nitrogen and oxygen atoms in total. The van der Waals surface area contributed by atoms with Crippen LogP contribution in [0.25, 0.3) is 0 Å². The molecule has 136 valence electrons. The molecule has 2 aromatic carbocycles. The molecule has 3 rings (SSSR count). The van der Waals surface area contributed by atoms with E-state index in [1.165, 1.54) is 0 Å².